The molecule has 0 bridgehead atoms. The van der Waals surface area contributed by atoms with Crippen LogP contribution in [0.5, 0.6) is 0 Å². The molecule has 0 aromatic carbocycles. The number of ether oxygens (including phenoxy) is 1. The maximum Gasteiger partial charge on any atom is 0.143 e. The predicted molar refractivity (Wildman–Crippen MR) is 73.3 cm³/mol. The minimum absolute atomic E-state index is 0.227. The standard InChI is InChI=1S/C12H18BrN3O/c1-7-5-16(6-8(2)17-7)12-11(13)9(3)10(14)4-15-12/h4,7-8H,5-6,14H2,1-3H3. The molecule has 2 heterocycles. The molecule has 1 saturated heterocycles. The van der Waals surface area contributed by atoms with Crippen LogP contribution >= 0.6 is 15.9 Å². The lowest BCUT2D eigenvalue weighted by molar-refractivity contribution is -0.00550. The van der Waals surface area contributed by atoms with Crippen molar-refractivity contribution in [1.29, 1.82) is 0 Å². The van der Waals surface area contributed by atoms with Gasteiger partial charge in [0.05, 0.1) is 28.6 Å². The molecule has 4 nitrogen and oxygen atoms in total. The van der Waals surface area contributed by atoms with E-state index in [0.29, 0.717) is 0 Å². The van der Waals surface area contributed by atoms with Crippen LogP contribution in [-0.2, 0) is 4.74 Å². The van der Waals surface area contributed by atoms with E-state index in [4.69, 9.17) is 10.5 Å². The van der Waals surface area contributed by atoms with Gasteiger partial charge in [0, 0.05) is 13.1 Å². The minimum atomic E-state index is 0.227. The average molecular weight is 300 g/mol. The van der Waals surface area contributed by atoms with Gasteiger partial charge in [-0.1, -0.05) is 0 Å². The summed E-state index contributed by atoms with van der Waals surface area (Å²) in [5, 5.41) is 0. The molecule has 0 radical (unpaired) electrons. The van der Waals surface area contributed by atoms with Crippen molar-refractivity contribution in [2.24, 2.45) is 0 Å². The molecule has 2 unspecified atom stereocenters. The fourth-order valence-corrected chi connectivity index (χ4v) is 2.73. The number of halogens is 1. The van der Waals surface area contributed by atoms with Crippen LogP contribution in [0.4, 0.5) is 11.5 Å². The van der Waals surface area contributed by atoms with Crippen LogP contribution in [0, 0.1) is 6.92 Å². The molecule has 2 atom stereocenters. The number of hydrogen-bond acceptors (Lipinski definition) is 4. The molecule has 1 aliphatic rings. The van der Waals surface area contributed by atoms with Crippen molar-refractivity contribution in [2.75, 3.05) is 23.7 Å². The van der Waals surface area contributed by atoms with Gasteiger partial charge in [-0.3, -0.25) is 0 Å². The largest absolute Gasteiger partial charge is 0.397 e. The maximum absolute atomic E-state index is 5.84. The van der Waals surface area contributed by atoms with E-state index in [0.717, 1.165) is 34.6 Å². The van der Waals surface area contributed by atoms with Crippen LogP contribution in [0.15, 0.2) is 10.7 Å². The zero-order valence-corrected chi connectivity index (χ0v) is 12.0. The lowest BCUT2D eigenvalue weighted by Gasteiger charge is -2.36. The summed E-state index contributed by atoms with van der Waals surface area (Å²) < 4.78 is 6.71. The first-order valence-corrected chi connectivity index (χ1v) is 6.59. The Morgan fingerprint density at radius 1 is 1.41 bits per heavy atom. The van der Waals surface area contributed by atoms with E-state index < -0.39 is 0 Å². The van der Waals surface area contributed by atoms with Gasteiger partial charge < -0.3 is 15.4 Å². The molecule has 5 heteroatoms. The molecule has 2 rings (SSSR count). The Balaban J connectivity index is 2.31. The SMILES string of the molecule is Cc1c(N)cnc(N2CC(C)OC(C)C2)c1Br. The van der Waals surface area contributed by atoms with Crippen LogP contribution < -0.4 is 10.6 Å². The van der Waals surface area contributed by atoms with Crippen molar-refractivity contribution < 1.29 is 4.74 Å². The third-order valence-corrected chi connectivity index (χ3v) is 3.95. The van der Waals surface area contributed by atoms with E-state index >= 15 is 0 Å². The lowest BCUT2D eigenvalue weighted by atomic mass is 10.2. The van der Waals surface area contributed by atoms with Gasteiger partial charge in [-0.25, -0.2) is 4.98 Å². The highest BCUT2D eigenvalue weighted by Crippen LogP contribution is 2.31. The molecule has 1 fully saturated rings. The third-order valence-electron chi connectivity index (χ3n) is 3.00. The first kappa shape index (κ1) is 12.6. The summed E-state index contributed by atoms with van der Waals surface area (Å²) in [5.74, 6) is 0.957. The van der Waals surface area contributed by atoms with Crippen LogP contribution in [0.25, 0.3) is 0 Å². The number of rotatable bonds is 1. The molecule has 94 valence electrons. The van der Waals surface area contributed by atoms with Crippen LogP contribution in [0.1, 0.15) is 19.4 Å². The Morgan fingerprint density at radius 3 is 2.59 bits per heavy atom. The summed E-state index contributed by atoms with van der Waals surface area (Å²) in [5.41, 5.74) is 7.60. The number of nitrogen functional groups attached to an aromatic ring is 1. The minimum Gasteiger partial charge on any atom is -0.397 e. The highest BCUT2D eigenvalue weighted by atomic mass is 79.9. The lowest BCUT2D eigenvalue weighted by Crippen LogP contribution is -2.46. The molecule has 0 spiro atoms. The van der Waals surface area contributed by atoms with E-state index in [1.807, 2.05) is 6.92 Å². The molecule has 0 aliphatic carbocycles. The zero-order valence-electron chi connectivity index (χ0n) is 10.4. The van der Waals surface area contributed by atoms with Crippen molar-refractivity contribution in [2.45, 2.75) is 33.0 Å². The van der Waals surface area contributed by atoms with E-state index in [1.165, 1.54) is 0 Å². The summed E-state index contributed by atoms with van der Waals surface area (Å²) in [4.78, 5) is 6.68. The number of nitrogens with zero attached hydrogens (tertiary/aromatic N) is 2. The molecule has 0 amide bonds. The van der Waals surface area contributed by atoms with Gasteiger partial charge in [0.2, 0.25) is 0 Å². The Hall–Kier alpha value is -0.810. The molecule has 1 aliphatic heterocycles. The fraction of sp³-hybridized carbons (Fsp3) is 0.583. The number of morpholine rings is 1. The number of anilines is 2. The maximum atomic E-state index is 5.84. The van der Waals surface area contributed by atoms with Gasteiger partial charge in [-0.05, 0) is 42.3 Å². The van der Waals surface area contributed by atoms with Crippen molar-refractivity contribution in [3.63, 3.8) is 0 Å². The Labute approximate surface area is 110 Å². The molecule has 1 aromatic heterocycles. The second-order valence-corrected chi connectivity index (χ2v) is 5.43. The molecule has 0 saturated carbocycles. The first-order chi connectivity index (χ1) is 7.99. The van der Waals surface area contributed by atoms with Crippen molar-refractivity contribution in [1.82, 2.24) is 4.98 Å². The number of aromatic nitrogens is 1. The normalized spacial score (nSPS) is 25.1. The van der Waals surface area contributed by atoms with Gasteiger partial charge in [-0.15, -0.1) is 0 Å². The molecular formula is C12H18BrN3O. The van der Waals surface area contributed by atoms with E-state index in [-0.39, 0.29) is 12.2 Å². The van der Waals surface area contributed by atoms with Gasteiger partial charge in [-0.2, -0.15) is 0 Å². The van der Waals surface area contributed by atoms with Gasteiger partial charge >= 0.3 is 0 Å². The van der Waals surface area contributed by atoms with Gasteiger partial charge in [0.15, 0.2) is 0 Å². The van der Waals surface area contributed by atoms with Crippen LogP contribution in [0.3, 0.4) is 0 Å². The van der Waals surface area contributed by atoms with Crippen LogP contribution in [0.2, 0.25) is 0 Å². The second kappa shape index (κ2) is 4.82. The monoisotopic (exact) mass is 299 g/mol. The smallest absolute Gasteiger partial charge is 0.143 e. The topological polar surface area (TPSA) is 51.4 Å². The molecule has 1 aromatic rings. The summed E-state index contributed by atoms with van der Waals surface area (Å²) in [6.45, 7) is 7.89. The second-order valence-electron chi connectivity index (χ2n) is 4.64. The summed E-state index contributed by atoms with van der Waals surface area (Å²) in [6.07, 6.45) is 2.18. The number of pyridine rings is 1. The molecule has 17 heavy (non-hydrogen) atoms. The van der Waals surface area contributed by atoms with E-state index in [1.54, 1.807) is 6.20 Å². The predicted octanol–water partition coefficient (Wildman–Crippen LogP) is 2.35. The molecular weight excluding hydrogens is 282 g/mol. The average Bonchev–Trinajstić information content (AvgIpc) is 2.24. The summed E-state index contributed by atoms with van der Waals surface area (Å²) in [6, 6.07) is 0. The number of nitrogens with two attached hydrogens (primary N) is 1. The quantitative estimate of drug-likeness (QED) is 0.865. The van der Waals surface area contributed by atoms with Crippen molar-refractivity contribution >= 4 is 27.4 Å². The van der Waals surface area contributed by atoms with Crippen molar-refractivity contribution in [3.05, 3.63) is 16.2 Å². The summed E-state index contributed by atoms with van der Waals surface area (Å²) >= 11 is 3.58. The fourth-order valence-electron chi connectivity index (χ4n) is 2.15. The van der Waals surface area contributed by atoms with E-state index in [9.17, 15) is 0 Å². The van der Waals surface area contributed by atoms with E-state index in [2.05, 4.69) is 39.7 Å². The first-order valence-electron chi connectivity index (χ1n) is 5.80. The zero-order chi connectivity index (χ0) is 12.6. The van der Waals surface area contributed by atoms with Crippen molar-refractivity contribution in [3.8, 4) is 0 Å². The van der Waals surface area contributed by atoms with Crippen LogP contribution in [-0.4, -0.2) is 30.3 Å². The highest BCUT2D eigenvalue weighted by molar-refractivity contribution is 9.10. The van der Waals surface area contributed by atoms with Gasteiger partial charge in [0.1, 0.15) is 5.82 Å². The Kier molecular flexibility index (Phi) is 3.58. The third kappa shape index (κ3) is 2.55. The van der Waals surface area contributed by atoms with Gasteiger partial charge in [0.25, 0.3) is 0 Å². The number of hydrogen-bond donors (Lipinski definition) is 1. The highest BCUT2D eigenvalue weighted by Gasteiger charge is 2.25. The molecule has 2 N–H and O–H groups in total. The Bertz CT molecular complexity index is 414. The Morgan fingerprint density at radius 2 is 2.00 bits per heavy atom. The summed E-state index contributed by atoms with van der Waals surface area (Å²) in [7, 11) is 0.